The molecule has 0 aliphatic heterocycles. The second-order valence-corrected chi connectivity index (χ2v) is 5.94. The number of rotatable bonds is 3. The summed E-state index contributed by atoms with van der Waals surface area (Å²) in [5.74, 6) is 0.850. The molecule has 2 nitrogen and oxygen atoms in total. The molecule has 0 amide bonds. The highest BCUT2D eigenvalue weighted by molar-refractivity contribution is 6.31. The van der Waals surface area contributed by atoms with Crippen LogP contribution in [0.2, 0.25) is 5.02 Å². The maximum absolute atomic E-state index is 6.19. The number of halogens is 1. The van der Waals surface area contributed by atoms with Crippen LogP contribution in [0, 0.1) is 11.3 Å². The van der Waals surface area contributed by atoms with Crippen LogP contribution < -0.4 is 5.73 Å². The standard InChI is InChI=1S/C14H21ClN2/c1-11-2-5-14(10-16,6-3-11)8-12-4-7-17-9-13(12)15/h4,7,9,11H,2-3,5-6,8,10,16H2,1H3. The Morgan fingerprint density at radius 3 is 2.76 bits per heavy atom. The van der Waals surface area contributed by atoms with Crippen LogP contribution in [0.1, 0.15) is 38.2 Å². The van der Waals surface area contributed by atoms with Crippen LogP contribution in [-0.2, 0) is 6.42 Å². The molecule has 1 fully saturated rings. The summed E-state index contributed by atoms with van der Waals surface area (Å²) in [4.78, 5) is 4.04. The predicted octanol–water partition coefficient (Wildman–Crippen LogP) is 3.43. The molecule has 0 unspecified atom stereocenters. The quantitative estimate of drug-likeness (QED) is 0.895. The molecule has 17 heavy (non-hydrogen) atoms. The minimum atomic E-state index is 0.261. The highest BCUT2D eigenvalue weighted by atomic mass is 35.5. The van der Waals surface area contributed by atoms with E-state index in [9.17, 15) is 0 Å². The lowest BCUT2D eigenvalue weighted by Crippen LogP contribution is -2.36. The van der Waals surface area contributed by atoms with Gasteiger partial charge in [0.05, 0.1) is 5.02 Å². The first-order chi connectivity index (χ1) is 8.15. The molecule has 0 saturated heterocycles. The summed E-state index contributed by atoms with van der Waals surface area (Å²) in [5.41, 5.74) is 7.48. The van der Waals surface area contributed by atoms with Gasteiger partial charge in [0.25, 0.3) is 0 Å². The van der Waals surface area contributed by atoms with Crippen molar-refractivity contribution in [2.75, 3.05) is 6.54 Å². The second kappa shape index (κ2) is 5.36. The summed E-state index contributed by atoms with van der Waals surface area (Å²) in [6.45, 7) is 3.10. The Kier molecular flexibility index (Phi) is 4.05. The van der Waals surface area contributed by atoms with Crippen molar-refractivity contribution in [2.24, 2.45) is 17.1 Å². The van der Waals surface area contributed by atoms with E-state index in [4.69, 9.17) is 17.3 Å². The Bertz CT molecular complexity index is 370. The number of nitrogens with zero attached hydrogens (tertiary/aromatic N) is 1. The summed E-state index contributed by atoms with van der Waals surface area (Å²) in [6, 6.07) is 2.03. The zero-order valence-corrected chi connectivity index (χ0v) is 11.2. The van der Waals surface area contributed by atoms with Gasteiger partial charge in [-0.1, -0.05) is 31.4 Å². The zero-order chi connectivity index (χ0) is 12.3. The van der Waals surface area contributed by atoms with Gasteiger partial charge in [-0.2, -0.15) is 0 Å². The summed E-state index contributed by atoms with van der Waals surface area (Å²) >= 11 is 6.19. The fourth-order valence-corrected chi connectivity index (χ4v) is 2.97. The van der Waals surface area contributed by atoms with Crippen molar-refractivity contribution in [3.63, 3.8) is 0 Å². The second-order valence-electron chi connectivity index (χ2n) is 5.53. The molecule has 0 radical (unpaired) electrons. The molecule has 1 aromatic rings. The van der Waals surface area contributed by atoms with Gasteiger partial charge in [-0.3, -0.25) is 4.98 Å². The Balaban J connectivity index is 2.12. The molecule has 0 aromatic carbocycles. The van der Waals surface area contributed by atoms with E-state index >= 15 is 0 Å². The molecule has 1 aliphatic carbocycles. The molecular weight excluding hydrogens is 232 g/mol. The lowest BCUT2D eigenvalue weighted by Gasteiger charge is -2.39. The molecule has 2 N–H and O–H groups in total. The van der Waals surface area contributed by atoms with Gasteiger partial charge >= 0.3 is 0 Å². The fourth-order valence-electron chi connectivity index (χ4n) is 2.78. The van der Waals surface area contributed by atoms with Gasteiger partial charge in [-0.25, -0.2) is 0 Å². The van der Waals surface area contributed by atoms with Crippen LogP contribution in [0.3, 0.4) is 0 Å². The Morgan fingerprint density at radius 1 is 1.47 bits per heavy atom. The van der Waals surface area contributed by atoms with E-state index in [2.05, 4.69) is 11.9 Å². The van der Waals surface area contributed by atoms with Gasteiger partial charge in [-0.05, 0) is 48.8 Å². The van der Waals surface area contributed by atoms with E-state index in [0.29, 0.717) is 0 Å². The van der Waals surface area contributed by atoms with Crippen molar-refractivity contribution in [2.45, 2.75) is 39.0 Å². The molecule has 1 heterocycles. The summed E-state index contributed by atoms with van der Waals surface area (Å²) in [6.07, 6.45) is 9.58. The van der Waals surface area contributed by atoms with Crippen LogP contribution in [0.5, 0.6) is 0 Å². The number of aromatic nitrogens is 1. The van der Waals surface area contributed by atoms with E-state index < -0.39 is 0 Å². The normalized spacial score (nSPS) is 29.2. The van der Waals surface area contributed by atoms with Gasteiger partial charge in [-0.15, -0.1) is 0 Å². The van der Waals surface area contributed by atoms with Crippen molar-refractivity contribution < 1.29 is 0 Å². The van der Waals surface area contributed by atoms with Crippen molar-refractivity contribution in [3.8, 4) is 0 Å². The van der Waals surface area contributed by atoms with Crippen molar-refractivity contribution in [1.29, 1.82) is 0 Å². The van der Waals surface area contributed by atoms with Gasteiger partial charge in [0.2, 0.25) is 0 Å². The largest absolute Gasteiger partial charge is 0.330 e. The fraction of sp³-hybridized carbons (Fsp3) is 0.643. The summed E-state index contributed by atoms with van der Waals surface area (Å²) in [5, 5.41) is 0.777. The number of nitrogens with two attached hydrogens (primary N) is 1. The molecule has 1 aromatic heterocycles. The molecule has 3 heteroatoms. The third-order valence-corrected chi connectivity index (χ3v) is 4.53. The molecular formula is C14H21ClN2. The maximum Gasteiger partial charge on any atom is 0.0621 e. The molecule has 1 aliphatic rings. The van der Waals surface area contributed by atoms with E-state index in [1.54, 1.807) is 6.20 Å². The number of hydrogen-bond acceptors (Lipinski definition) is 2. The summed E-state index contributed by atoms with van der Waals surface area (Å²) < 4.78 is 0. The summed E-state index contributed by atoms with van der Waals surface area (Å²) in [7, 11) is 0. The first kappa shape index (κ1) is 12.8. The maximum atomic E-state index is 6.19. The predicted molar refractivity (Wildman–Crippen MR) is 72.1 cm³/mol. The van der Waals surface area contributed by atoms with Gasteiger partial charge < -0.3 is 5.73 Å². The molecule has 2 rings (SSSR count). The number of hydrogen-bond donors (Lipinski definition) is 1. The third-order valence-electron chi connectivity index (χ3n) is 4.19. The molecule has 94 valence electrons. The van der Waals surface area contributed by atoms with Crippen LogP contribution >= 0.6 is 11.6 Å². The lowest BCUT2D eigenvalue weighted by molar-refractivity contribution is 0.163. The average molecular weight is 253 g/mol. The first-order valence-corrected chi connectivity index (χ1v) is 6.81. The number of pyridine rings is 1. The minimum Gasteiger partial charge on any atom is -0.330 e. The first-order valence-electron chi connectivity index (χ1n) is 6.44. The van der Waals surface area contributed by atoms with Crippen molar-refractivity contribution in [3.05, 3.63) is 29.0 Å². The third kappa shape index (κ3) is 2.99. The van der Waals surface area contributed by atoms with Crippen LogP contribution in [0.25, 0.3) is 0 Å². The van der Waals surface area contributed by atoms with E-state index in [0.717, 1.165) is 23.9 Å². The van der Waals surface area contributed by atoms with E-state index in [1.807, 2.05) is 12.3 Å². The van der Waals surface area contributed by atoms with E-state index in [1.165, 1.54) is 31.2 Å². The smallest absolute Gasteiger partial charge is 0.0621 e. The Labute approximate surface area is 109 Å². The highest BCUT2D eigenvalue weighted by Gasteiger charge is 2.33. The topological polar surface area (TPSA) is 38.9 Å². The molecule has 1 saturated carbocycles. The highest BCUT2D eigenvalue weighted by Crippen LogP contribution is 2.41. The SMILES string of the molecule is CC1CCC(CN)(Cc2ccncc2Cl)CC1. The minimum absolute atomic E-state index is 0.261. The van der Waals surface area contributed by atoms with Gasteiger partial charge in [0.15, 0.2) is 0 Å². The van der Waals surface area contributed by atoms with Gasteiger partial charge in [0.1, 0.15) is 0 Å². The van der Waals surface area contributed by atoms with Gasteiger partial charge in [0, 0.05) is 12.4 Å². The zero-order valence-electron chi connectivity index (χ0n) is 10.5. The van der Waals surface area contributed by atoms with Crippen LogP contribution in [-0.4, -0.2) is 11.5 Å². The molecule has 0 bridgehead atoms. The monoisotopic (exact) mass is 252 g/mol. The lowest BCUT2D eigenvalue weighted by atomic mass is 9.68. The van der Waals surface area contributed by atoms with E-state index in [-0.39, 0.29) is 5.41 Å². The van der Waals surface area contributed by atoms with Crippen LogP contribution in [0.4, 0.5) is 0 Å². The van der Waals surface area contributed by atoms with Crippen molar-refractivity contribution >= 4 is 11.6 Å². The van der Waals surface area contributed by atoms with Crippen LogP contribution in [0.15, 0.2) is 18.5 Å². The average Bonchev–Trinajstić information content (AvgIpc) is 2.35. The molecule has 0 atom stereocenters. The molecule has 0 spiro atoms. The van der Waals surface area contributed by atoms with Crippen molar-refractivity contribution in [1.82, 2.24) is 4.98 Å². The Morgan fingerprint density at radius 2 is 2.18 bits per heavy atom. The Hall–Kier alpha value is -0.600.